The van der Waals surface area contributed by atoms with E-state index in [1.165, 1.54) is 18.2 Å². The van der Waals surface area contributed by atoms with E-state index in [0.29, 0.717) is 43.1 Å². The van der Waals surface area contributed by atoms with Crippen molar-refractivity contribution in [3.8, 4) is 16.9 Å². The van der Waals surface area contributed by atoms with Gasteiger partial charge in [-0.15, -0.1) is 5.10 Å². The SMILES string of the molecule is Nc1n[nH]c(Cc2cc(Cl)c(-c3ccc(OC4CCN(CCC(F)(F)F)CC4)cc3)c(C(F)(F)F)c2)n1. The van der Waals surface area contributed by atoms with E-state index in [4.69, 9.17) is 22.1 Å². The Hall–Kier alpha value is -2.99. The van der Waals surface area contributed by atoms with Crippen LogP contribution in [0, 0.1) is 0 Å². The number of aromatic amines is 1. The molecule has 3 N–H and O–H groups in total. The zero-order valence-corrected chi connectivity index (χ0v) is 20.2. The average molecular weight is 548 g/mol. The van der Waals surface area contributed by atoms with E-state index in [2.05, 4.69) is 15.2 Å². The first-order valence-electron chi connectivity index (χ1n) is 11.5. The minimum Gasteiger partial charge on any atom is -0.490 e. The number of nitrogens with one attached hydrogen (secondary N) is 1. The number of hydrogen-bond donors (Lipinski definition) is 2. The Morgan fingerprint density at radius 1 is 1.05 bits per heavy atom. The van der Waals surface area contributed by atoms with Gasteiger partial charge in [-0.25, -0.2) is 0 Å². The van der Waals surface area contributed by atoms with Gasteiger partial charge in [0.1, 0.15) is 17.7 Å². The average Bonchev–Trinajstić information content (AvgIpc) is 3.22. The molecule has 1 aliphatic heterocycles. The molecule has 0 atom stereocenters. The van der Waals surface area contributed by atoms with Crippen molar-refractivity contribution in [1.29, 1.82) is 0 Å². The molecular weight excluding hydrogens is 524 g/mol. The number of aromatic nitrogens is 3. The molecular formula is C24H24ClF6N5O. The van der Waals surface area contributed by atoms with Crippen LogP contribution < -0.4 is 10.5 Å². The highest BCUT2D eigenvalue weighted by atomic mass is 35.5. The number of anilines is 1. The summed E-state index contributed by atoms with van der Waals surface area (Å²) in [6.45, 7) is 0.922. The molecule has 4 rings (SSSR count). The van der Waals surface area contributed by atoms with Crippen molar-refractivity contribution >= 4 is 17.5 Å². The molecule has 3 aromatic rings. The van der Waals surface area contributed by atoms with Gasteiger partial charge in [-0.1, -0.05) is 23.7 Å². The van der Waals surface area contributed by atoms with E-state index in [0.717, 1.165) is 6.07 Å². The smallest absolute Gasteiger partial charge is 0.417 e. The summed E-state index contributed by atoms with van der Waals surface area (Å²) in [6, 6.07) is 8.60. The van der Waals surface area contributed by atoms with E-state index in [1.807, 2.05) is 0 Å². The third-order valence-corrected chi connectivity index (χ3v) is 6.37. The van der Waals surface area contributed by atoms with Gasteiger partial charge in [-0.3, -0.25) is 5.10 Å². The maximum atomic E-state index is 14.0. The third-order valence-electron chi connectivity index (χ3n) is 6.07. The summed E-state index contributed by atoms with van der Waals surface area (Å²) in [4.78, 5) is 5.66. The molecule has 0 amide bonds. The van der Waals surface area contributed by atoms with Crippen LogP contribution in [-0.2, 0) is 12.6 Å². The first kappa shape index (κ1) is 27.1. The number of rotatable bonds is 7. The Labute approximate surface area is 213 Å². The molecule has 6 nitrogen and oxygen atoms in total. The number of hydrogen-bond acceptors (Lipinski definition) is 5. The molecule has 0 bridgehead atoms. The molecule has 37 heavy (non-hydrogen) atoms. The second-order valence-electron chi connectivity index (χ2n) is 8.86. The van der Waals surface area contributed by atoms with E-state index < -0.39 is 24.3 Å². The minimum atomic E-state index is -4.66. The second-order valence-corrected chi connectivity index (χ2v) is 9.27. The predicted molar refractivity (Wildman–Crippen MR) is 126 cm³/mol. The van der Waals surface area contributed by atoms with Crippen LogP contribution in [0.1, 0.15) is 36.2 Å². The number of H-pyrrole nitrogens is 1. The van der Waals surface area contributed by atoms with Gasteiger partial charge in [0.25, 0.3) is 0 Å². The maximum absolute atomic E-state index is 14.0. The van der Waals surface area contributed by atoms with E-state index in [-0.39, 0.29) is 41.2 Å². The molecule has 1 fully saturated rings. The third kappa shape index (κ3) is 7.29. The molecule has 1 aliphatic rings. The van der Waals surface area contributed by atoms with Crippen LogP contribution in [0.25, 0.3) is 11.1 Å². The van der Waals surface area contributed by atoms with Crippen molar-refractivity contribution < 1.29 is 31.1 Å². The summed E-state index contributed by atoms with van der Waals surface area (Å²) >= 11 is 6.33. The van der Waals surface area contributed by atoms with E-state index >= 15 is 0 Å². The Bertz CT molecular complexity index is 1200. The Morgan fingerprint density at radius 2 is 1.73 bits per heavy atom. The molecule has 200 valence electrons. The quantitative estimate of drug-likeness (QED) is 0.349. The molecule has 0 spiro atoms. The Kier molecular flexibility index (Phi) is 7.88. The van der Waals surface area contributed by atoms with Gasteiger partial charge in [0.2, 0.25) is 5.95 Å². The molecule has 1 aromatic heterocycles. The summed E-state index contributed by atoms with van der Waals surface area (Å²) in [5, 5.41) is 6.16. The fourth-order valence-corrected chi connectivity index (χ4v) is 4.64. The number of benzene rings is 2. The van der Waals surface area contributed by atoms with Crippen molar-refractivity contribution in [2.75, 3.05) is 25.4 Å². The fourth-order valence-electron chi connectivity index (χ4n) is 4.29. The van der Waals surface area contributed by atoms with Crippen molar-refractivity contribution in [3.63, 3.8) is 0 Å². The molecule has 0 aliphatic carbocycles. The first-order chi connectivity index (χ1) is 17.4. The monoisotopic (exact) mass is 547 g/mol. The summed E-state index contributed by atoms with van der Waals surface area (Å²) in [5.74, 6) is 0.756. The van der Waals surface area contributed by atoms with Crippen LogP contribution in [0.5, 0.6) is 5.75 Å². The van der Waals surface area contributed by atoms with Crippen LogP contribution in [-0.4, -0.2) is 52.0 Å². The lowest BCUT2D eigenvalue weighted by atomic mass is 9.95. The minimum absolute atomic E-state index is 0.0110. The maximum Gasteiger partial charge on any atom is 0.417 e. The first-order valence-corrected chi connectivity index (χ1v) is 11.9. The molecule has 2 heterocycles. The highest BCUT2D eigenvalue weighted by Crippen LogP contribution is 2.42. The van der Waals surface area contributed by atoms with E-state index in [9.17, 15) is 26.3 Å². The zero-order chi connectivity index (χ0) is 26.8. The lowest BCUT2D eigenvalue weighted by Crippen LogP contribution is -2.39. The summed E-state index contributed by atoms with van der Waals surface area (Å²) in [6.07, 6.45) is -8.73. The molecule has 0 radical (unpaired) electrons. The topological polar surface area (TPSA) is 80.1 Å². The van der Waals surface area contributed by atoms with Crippen molar-refractivity contribution in [2.45, 2.75) is 44.1 Å². The Morgan fingerprint density at radius 3 is 2.30 bits per heavy atom. The van der Waals surface area contributed by atoms with Gasteiger partial charge >= 0.3 is 12.4 Å². The highest BCUT2D eigenvalue weighted by Gasteiger charge is 2.35. The van der Waals surface area contributed by atoms with Crippen LogP contribution in [0.4, 0.5) is 32.3 Å². The van der Waals surface area contributed by atoms with Crippen LogP contribution >= 0.6 is 11.6 Å². The van der Waals surface area contributed by atoms with Crippen LogP contribution in [0.15, 0.2) is 36.4 Å². The van der Waals surface area contributed by atoms with Crippen LogP contribution in [0.3, 0.4) is 0 Å². The summed E-state index contributed by atoms with van der Waals surface area (Å²) in [5.41, 5.74) is 4.97. The van der Waals surface area contributed by atoms with Crippen molar-refractivity contribution in [2.24, 2.45) is 0 Å². The molecule has 2 aromatic carbocycles. The fraction of sp³-hybridized carbons (Fsp3) is 0.417. The van der Waals surface area contributed by atoms with Gasteiger partial charge in [-0.05, 0) is 48.2 Å². The molecule has 0 saturated carbocycles. The lowest BCUT2D eigenvalue weighted by Gasteiger charge is -2.32. The lowest BCUT2D eigenvalue weighted by molar-refractivity contribution is -0.139. The summed E-state index contributed by atoms with van der Waals surface area (Å²) in [7, 11) is 0. The number of nitrogens with zero attached hydrogens (tertiary/aromatic N) is 3. The molecule has 1 saturated heterocycles. The number of nitrogen functional groups attached to an aromatic ring is 1. The predicted octanol–water partition coefficient (Wildman–Crippen LogP) is 6.11. The van der Waals surface area contributed by atoms with Gasteiger partial charge in [0.05, 0.1) is 12.0 Å². The molecule has 0 unspecified atom stereocenters. The second kappa shape index (κ2) is 10.8. The van der Waals surface area contributed by atoms with E-state index in [1.54, 1.807) is 17.0 Å². The standard InChI is InChI=1S/C24H24ClF6N5O/c25-19-12-14(13-20-33-22(32)35-34-20)11-18(24(29,30)31)21(19)15-1-3-16(4-2-15)37-17-5-8-36(9-6-17)10-7-23(26,27)28/h1-4,11-12,17H,5-10,13H2,(H3,32,33,34,35). The van der Waals surface area contributed by atoms with Gasteiger partial charge in [0, 0.05) is 36.6 Å². The number of ether oxygens (including phenoxy) is 1. The number of likely N-dealkylation sites (tertiary alicyclic amines) is 1. The van der Waals surface area contributed by atoms with Crippen molar-refractivity contribution in [3.05, 3.63) is 58.4 Å². The Balaban J connectivity index is 1.45. The largest absolute Gasteiger partial charge is 0.490 e. The normalized spacial score (nSPS) is 15.8. The van der Waals surface area contributed by atoms with Gasteiger partial charge < -0.3 is 15.4 Å². The number of alkyl halides is 6. The van der Waals surface area contributed by atoms with Crippen LogP contribution in [0.2, 0.25) is 5.02 Å². The zero-order valence-electron chi connectivity index (χ0n) is 19.5. The summed E-state index contributed by atoms with van der Waals surface area (Å²) < 4.78 is 85.1. The molecule has 13 heteroatoms. The number of nitrogens with two attached hydrogens (primary N) is 1. The van der Waals surface area contributed by atoms with Gasteiger partial charge in [-0.2, -0.15) is 31.3 Å². The highest BCUT2D eigenvalue weighted by molar-refractivity contribution is 6.33. The van der Waals surface area contributed by atoms with Crippen molar-refractivity contribution in [1.82, 2.24) is 20.1 Å². The number of piperidine rings is 1. The van der Waals surface area contributed by atoms with Gasteiger partial charge in [0.15, 0.2) is 0 Å². The number of halogens is 7.